The fourth-order valence-corrected chi connectivity index (χ4v) is 4.47. The summed E-state index contributed by atoms with van der Waals surface area (Å²) in [4.78, 5) is 29.4. The number of amides is 2. The second-order valence-corrected chi connectivity index (χ2v) is 8.12. The molecule has 2 fully saturated rings. The summed E-state index contributed by atoms with van der Waals surface area (Å²) >= 11 is 6.18. The van der Waals surface area contributed by atoms with Crippen molar-refractivity contribution >= 4 is 23.4 Å². The lowest BCUT2D eigenvalue weighted by atomic mass is 9.95. The van der Waals surface area contributed by atoms with E-state index in [9.17, 15) is 9.59 Å². The molecule has 2 aliphatic rings. The molecule has 0 aliphatic carbocycles. The van der Waals surface area contributed by atoms with Crippen LogP contribution in [0.3, 0.4) is 0 Å². The third kappa shape index (κ3) is 3.47. The summed E-state index contributed by atoms with van der Waals surface area (Å²) in [6, 6.07) is 7.06. The van der Waals surface area contributed by atoms with E-state index in [0.717, 1.165) is 19.3 Å². The molecule has 2 heterocycles. The van der Waals surface area contributed by atoms with Crippen LogP contribution in [0.15, 0.2) is 24.3 Å². The monoisotopic (exact) mass is 377 g/mol. The Hall–Kier alpha value is -1.59. The average Bonchev–Trinajstić information content (AvgIpc) is 2.85. The molecule has 1 aromatic rings. The Morgan fingerprint density at radius 1 is 1.31 bits per heavy atom. The zero-order chi connectivity index (χ0) is 18.9. The lowest BCUT2D eigenvalue weighted by Gasteiger charge is -2.44. The van der Waals surface area contributed by atoms with Crippen LogP contribution in [-0.4, -0.2) is 53.0 Å². The highest BCUT2D eigenvalue weighted by Gasteiger charge is 2.51. The van der Waals surface area contributed by atoms with Crippen molar-refractivity contribution in [1.29, 1.82) is 0 Å². The highest BCUT2D eigenvalue weighted by atomic mass is 35.5. The molecule has 3 rings (SSSR count). The molecular formula is C20H28ClN3O2. The highest BCUT2D eigenvalue weighted by molar-refractivity contribution is 6.33. The number of rotatable bonds is 4. The lowest BCUT2D eigenvalue weighted by Crippen LogP contribution is -2.59. The Bertz CT molecular complexity index is 683. The highest BCUT2D eigenvalue weighted by Crippen LogP contribution is 2.34. The number of halogens is 1. The van der Waals surface area contributed by atoms with Crippen LogP contribution >= 0.6 is 11.6 Å². The van der Waals surface area contributed by atoms with Crippen molar-refractivity contribution in [3.8, 4) is 0 Å². The van der Waals surface area contributed by atoms with Crippen LogP contribution in [0, 0.1) is 5.92 Å². The summed E-state index contributed by atoms with van der Waals surface area (Å²) < 4.78 is 0. The van der Waals surface area contributed by atoms with Gasteiger partial charge in [0, 0.05) is 32.5 Å². The largest absolute Gasteiger partial charge is 0.338 e. The molecule has 2 saturated heterocycles. The minimum Gasteiger partial charge on any atom is -0.338 e. The zero-order valence-corrected chi connectivity index (χ0v) is 16.6. The van der Waals surface area contributed by atoms with Gasteiger partial charge in [-0.05, 0) is 31.4 Å². The number of carbonyl (C=O) groups excluding carboxylic acids is 2. The summed E-state index contributed by atoms with van der Waals surface area (Å²) in [6.07, 6.45) is 2.34. The first-order chi connectivity index (χ1) is 12.4. The fraction of sp³-hybridized carbons (Fsp3) is 0.600. The standard InChI is InChI=1S/C20H28ClN3O2/c1-4-24-19(26)17(13-14(2)3)22-20(24)9-11-23(12-10-20)18(25)15-7-5-6-8-16(15)21/h5-8,14,17,22H,4,9-13H2,1-3H3/t17-/m0/s1. The molecular weight excluding hydrogens is 350 g/mol. The predicted octanol–water partition coefficient (Wildman–Crippen LogP) is 3.14. The van der Waals surface area contributed by atoms with E-state index in [0.29, 0.717) is 36.1 Å². The number of nitrogens with one attached hydrogen (secondary N) is 1. The second kappa shape index (κ2) is 7.57. The van der Waals surface area contributed by atoms with Gasteiger partial charge in [-0.1, -0.05) is 37.6 Å². The van der Waals surface area contributed by atoms with Crippen LogP contribution in [0.2, 0.25) is 5.02 Å². The molecule has 5 nitrogen and oxygen atoms in total. The molecule has 142 valence electrons. The van der Waals surface area contributed by atoms with E-state index in [1.54, 1.807) is 12.1 Å². The quantitative estimate of drug-likeness (QED) is 0.877. The van der Waals surface area contributed by atoms with E-state index in [1.807, 2.05) is 28.9 Å². The maximum absolute atomic E-state index is 12.8. The van der Waals surface area contributed by atoms with E-state index < -0.39 is 0 Å². The van der Waals surface area contributed by atoms with Crippen LogP contribution in [0.25, 0.3) is 0 Å². The maximum atomic E-state index is 12.8. The van der Waals surface area contributed by atoms with Gasteiger partial charge < -0.3 is 9.80 Å². The molecule has 1 N–H and O–H groups in total. The minimum absolute atomic E-state index is 0.0310. The van der Waals surface area contributed by atoms with Crippen molar-refractivity contribution in [2.75, 3.05) is 19.6 Å². The smallest absolute Gasteiger partial charge is 0.255 e. The SMILES string of the molecule is CCN1C(=O)[C@H](CC(C)C)NC12CCN(C(=O)c1ccccc1Cl)CC2. The van der Waals surface area contributed by atoms with Gasteiger partial charge in [-0.25, -0.2) is 0 Å². The third-order valence-electron chi connectivity index (χ3n) is 5.53. The molecule has 6 heteroatoms. The van der Waals surface area contributed by atoms with Crippen LogP contribution in [0.1, 0.15) is 50.4 Å². The normalized spacial score (nSPS) is 22.5. The number of likely N-dealkylation sites (tertiary alicyclic amines) is 1. The molecule has 1 aromatic carbocycles. The fourth-order valence-electron chi connectivity index (χ4n) is 4.25. The molecule has 2 amide bonds. The summed E-state index contributed by atoms with van der Waals surface area (Å²) in [5.74, 6) is 0.635. The molecule has 0 saturated carbocycles. The molecule has 2 aliphatic heterocycles. The first-order valence-corrected chi connectivity index (χ1v) is 9.88. The van der Waals surface area contributed by atoms with E-state index >= 15 is 0 Å². The maximum Gasteiger partial charge on any atom is 0.255 e. The topological polar surface area (TPSA) is 52.7 Å². The van der Waals surface area contributed by atoms with Gasteiger partial charge >= 0.3 is 0 Å². The van der Waals surface area contributed by atoms with Gasteiger partial charge in [0.05, 0.1) is 22.3 Å². The Morgan fingerprint density at radius 3 is 2.54 bits per heavy atom. The van der Waals surface area contributed by atoms with Gasteiger partial charge in [-0.2, -0.15) is 0 Å². The van der Waals surface area contributed by atoms with Gasteiger partial charge in [0.25, 0.3) is 5.91 Å². The summed E-state index contributed by atoms with van der Waals surface area (Å²) in [6.45, 7) is 8.24. The Kier molecular flexibility index (Phi) is 5.58. The average molecular weight is 378 g/mol. The zero-order valence-electron chi connectivity index (χ0n) is 15.8. The Morgan fingerprint density at radius 2 is 1.96 bits per heavy atom. The van der Waals surface area contributed by atoms with Crippen LogP contribution < -0.4 is 5.32 Å². The van der Waals surface area contributed by atoms with Gasteiger partial charge in [-0.3, -0.25) is 14.9 Å². The number of benzene rings is 1. The number of hydrogen-bond acceptors (Lipinski definition) is 3. The minimum atomic E-state index is -0.317. The van der Waals surface area contributed by atoms with Gasteiger partial charge in [-0.15, -0.1) is 0 Å². The molecule has 0 radical (unpaired) electrons. The Labute approximate surface area is 160 Å². The van der Waals surface area contributed by atoms with Gasteiger partial charge in [0.1, 0.15) is 0 Å². The van der Waals surface area contributed by atoms with Crippen LogP contribution in [-0.2, 0) is 4.79 Å². The van der Waals surface area contributed by atoms with Crippen molar-refractivity contribution in [2.45, 2.75) is 51.7 Å². The molecule has 0 aromatic heterocycles. The van der Waals surface area contributed by atoms with E-state index in [4.69, 9.17) is 11.6 Å². The van der Waals surface area contributed by atoms with Crippen molar-refractivity contribution in [2.24, 2.45) is 5.92 Å². The van der Waals surface area contributed by atoms with Crippen molar-refractivity contribution in [3.63, 3.8) is 0 Å². The summed E-state index contributed by atoms with van der Waals surface area (Å²) in [7, 11) is 0. The lowest BCUT2D eigenvalue weighted by molar-refractivity contribution is -0.133. The van der Waals surface area contributed by atoms with E-state index in [1.165, 1.54) is 0 Å². The third-order valence-corrected chi connectivity index (χ3v) is 5.86. The first-order valence-electron chi connectivity index (χ1n) is 9.51. The molecule has 1 spiro atoms. The number of piperidine rings is 1. The van der Waals surface area contributed by atoms with Crippen molar-refractivity contribution in [3.05, 3.63) is 34.9 Å². The van der Waals surface area contributed by atoms with Crippen molar-refractivity contribution in [1.82, 2.24) is 15.1 Å². The first kappa shape index (κ1) is 19.2. The van der Waals surface area contributed by atoms with Gasteiger partial charge in [0.15, 0.2) is 0 Å². The van der Waals surface area contributed by atoms with Crippen molar-refractivity contribution < 1.29 is 9.59 Å². The molecule has 0 bridgehead atoms. The van der Waals surface area contributed by atoms with E-state index in [-0.39, 0.29) is 23.5 Å². The number of carbonyl (C=O) groups is 2. The molecule has 0 unspecified atom stereocenters. The predicted molar refractivity (Wildman–Crippen MR) is 103 cm³/mol. The second-order valence-electron chi connectivity index (χ2n) is 7.71. The Balaban J connectivity index is 1.71. The molecule has 1 atom stereocenters. The van der Waals surface area contributed by atoms with Crippen LogP contribution in [0.5, 0.6) is 0 Å². The number of hydrogen-bond donors (Lipinski definition) is 1. The van der Waals surface area contributed by atoms with E-state index in [2.05, 4.69) is 19.2 Å². The molecule has 26 heavy (non-hydrogen) atoms. The summed E-state index contributed by atoms with van der Waals surface area (Å²) in [5, 5.41) is 4.10. The number of likely N-dealkylation sites (N-methyl/N-ethyl adjacent to an activating group) is 1. The summed E-state index contributed by atoms with van der Waals surface area (Å²) in [5.41, 5.74) is 0.230. The number of nitrogens with zero attached hydrogens (tertiary/aromatic N) is 2. The van der Waals surface area contributed by atoms with Gasteiger partial charge in [0.2, 0.25) is 5.91 Å². The van der Waals surface area contributed by atoms with Crippen LogP contribution in [0.4, 0.5) is 0 Å².